The molecule has 0 saturated heterocycles. The van der Waals surface area contributed by atoms with E-state index in [1.165, 1.54) is 18.2 Å². The van der Waals surface area contributed by atoms with Gasteiger partial charge in [-0.05, 0) is 23.7 Å². The van der Waals surface area contributed by atoms with E-state index in [-0.39, 0.29) is 16.2 Å². The van der Waals surface area contributed by atoms with Gasteiger partial charge < -0.3 is 4.74 Å². The number of hydrogen-bond acceptors (Lipinski definition) is 3. The van der Waals surface area contributed by atoms with Crippen molar-refractivity contribution >= 4 is 34.1 Å². The second-order valence-corrected chi connectivity index (χ2v) is 3.54. The van der Waals surface area contributed by atoms with Crippen molar-refractivity contribution in [2.45, 2.75) is 6.61 Å². The second-order valence-electron chi connectivity index (χ2n) is 2.84. The van der Waals surface area contributed by atoms with Crippen LogP contribution in [0.25, 0.3) is 10.9 Å². The third-order valence-electron chi connectivity index (χ3n) is 1.82. The van der Waals surface area contributed by atoms with E-state index in [1.807, 2.05) is 0 Å². The first-order chi connectivity index (χ1) is 7.56. The van der Waals surface area contributed by atoms with Crippen LogP contribution in [0.3, 0.4) is 0 Å². The second kappa shape index (κ2) is 4.35. The number of hydrogen-bond donors (Lipinski definition) is 0. The molecule has 16 heavy (non-hydrogen) atoms. The molecule has 0 bridgehead atoms. The SMILES string of the molecule is FC(F)Oc1ccc2c(Cl)nc(Cl)nc2c1. The number of benzene rings is 1. The van der Waals surface area contributed by atoms with Crippen LogP contribution in [-0.2, 0) is 0 Å². The summed E-state index contributed by atoms with van der Waals surface area (Å²) in [5.74, 6) is -0.00617. The Morgan fingerprint density at radius 2 is 1.94 bits per heavy atom. The minimum absolute atomic E-state index is 0.00617. The predicted octanol–water partition coefficient (Wildman–Crippen LogP) is 3.54. The summed E-state index contributed by atoms with van der Waals surface area (Å²) in [6.07, 6.45) is 0. The zero-order chi connectivity index (χ0) is 11.7. The lowest BCUT2D eigenvalue weighted by Crippen LogP contribution is -2.01. The van der Waals surface area contributed by atoms with Crippen molar-refractivity contribution < 1.29 is 13.5 Å². The Balaban J connectivity index is 2.53. The molecule has 1 aromatic heterocycles. The van der Waals surface area contributed by atoms with Gasteiger partial charge in [0.25, 0.3) is 0 Å². The van der Waals surface area contributed by atoms with E-state index < -0.39 is 6.61 Å². The molecule has 3 nitrogen and oxygen atoms in total. The van der Waals surface area contributed by atoms with Gasteiger partial charge in [0, 0.05) is 11.5 Å². The topological polar surface area (TPSA) is 35.0 Å². The zero-order valence-electron chi connectivity index (χ0n) is 7.62. The quantitative estimate of drug-likeness (QED) is 0.615. The van der Waals surface area contributed by atoms with Crippen molar-refractivity contribution in [3.05, 3.63) is 28.6 Å². The van der Waals surface area contributed by atoms with Gasteiger partial charge in [-0.3, -0.25) is 0 Å². The van der Waals surface area contributed by atoms with Crippen LogP contribution in [0.2, 0.25) is 10.4 Å². The Kier molecular flexibility index (Phi) is 3.07. The van der Waals surface area contributed by atoms with Crippen LogP contribution in [0.4, 0.5) is 8.78 Å². The van der Waals surface area contributed by atoms with Crippen molar-refractivity contribution in [1.29, 1.82) is 0 Å². The van der Waals surface area contributed by atoms with Crippen molar-refractivity contribution in [2.75, 3.05) is 0 Å². The molecule has 0 aliphatic rings. The lowest BCUT2D eigenvalue weighted by molar-refractivity contribution is -0.0497. The fourth-order valence-corrected chi connectivity index (χ4v) is 1.68. The highest BCUT2D eigenvalue weighted by Crippen LogP contribution is 2.26. The normalized spacial score (nSPS) is 11.1. The minimum Gasteiger partial charge on any atom is -0.435 e. The van der Waals surface area contributed by atoms with Crippen LogP contribution < -0.4 is 4.74 Å². The van der Waals surface area contributed by atoms with E-state index in [2.05, 4.69) is 14.7 Å². The maximum Gasteiger partial charge on any atom is 0.387 e. The van der Waals surface area contributed by atoms with Gasteiger partial charge in [-0.15, -0.1) is 0 Å². The molecule has 0 unspecified atom stereocenters. The predicted molar refractivity (Wildman–Crippen MR) is 56.2 cm³/mol. The summed E-state index contributed by atoms with van der Waals surface area (Å²) in [5.41, 5.74) is 0.350. The molecule has 84 valence electrons. The van der Waals surface area contributed by atoms with E-state index in [1.54, 1.807) is 0 Å². The van der Waals surface area contributed by atoms with Gasteiger partial charge >= 0.3 is 6.61 Å². The van der Waals surface area contributed by atoms with Crippen LogP contribution in [0.1, 0.15) is 0 Å². The summed E-state index contributed by atoms with van der Waals surface area (Å²) >= 11 is 11.4. The van der Waals surface area contributed by atoms with Gasteiger partial charge in [0.05, 0.1) is 5.52 Å². The average Bonchev–Trinajstić information content (AvgIpc) is 2.15. The van der Waals surface area contributed by atoms with Crippen LogP contribution in [0, 0.1) is 0 Å². The molecule has 0 amide bonds. The number of ether oxygens (including phenoxy) is 1. The fourth-order valence-electron chi connectivity index (χ4n) is 1.22. The average molecular weight is 265 g/mol. The Hall–Kier alpha value is -1.20. The van der Waals surface area contributed by atoms with Crippen molar-refractivity contribution in [1.82, 2.24) is 9.97 Å². The molecule has 0 radical (unpaired) electrons. The molecule has 1 aromatic carbocycles. The third kappa shape index (κ3) is 2.31. The highest BCUT2D eigenvalue weighted by molar-refractivity contribution is 6.35. The van der Waals surface area contributed by atoms with E-state index in [4.69, 9.17) is 23.2 Å². The first-order valence-corrected chi connectivity index (χ1v) is 4.89. The Morgan fingerprint density at radius 1 is 1.19 bits per heavy atom. The summed E-state index contributed by atoms with van der Waals surface area (Å²) in [6, 6.07) is 4.17. The van der Waals surface area contributed by atoms with Crippen LogP contribution >= 0.6 is 23.2 Å². The molecule has 0 N–H and O–H groups in total. The monoisotopic (exact) mass is 264 g/mol. The molecule has 0 atom stereocenters. The molecule has 1 heterocycles. The van der Waals surface area contributed by atoms with Gasteiger partial charge in [-0.25, -0.2) is 9.97 Å². The third-order valence-corrected chi connectivity index (χ3v) is 2.28. The summed E-state index contributed by atoms with van der Waals surface area (Å²) in [4.78, 5) is 7.57. The molecule has 0 spiro atoms. The molecule has 7 heteroatoms. The standard InChI is InChI=1S/C9H4Cl2F2N2O/c10-7-5-2-1-4(16-9(12)13)3-6(5)14-8(11)15-7/h1-3,9H. The van der Waals surface area contributed by atoms with Crippen molar-refractivity contribution in [3.8, 4) is 5.75 Å². The number of rotatable bonds is 2. The molecular formula is C9H4Cl2F2N2O. The number of nitrogens with zero attached hydrogens (tertiary/aromatic N) is 2. The molecule has 2 rings (SSSR count). The molecule has 0 aliphatic heterocycles. The van der Waals surface area contributed by atoms with E-state index in [9.17, 15) is 8.78 Å². The van der Waals surface area contributed by atoms with Crippen molar-refractivity contribution in [3.63, 3.8) is 0 Å². The summed E-state index contributed by atoms with van der Waals surface area (Å²) < 4.78 is 28.2. The van der Waals surface area contributed by atoms with Crippen LogP contribution in [0.5, 0.6) is 5.75 Å². The summed E-state index contributed by atoms with van der Waals surface area (Å²) in [6.45, 7) is -2.88. The van der Waals surface area contributed by atoms with Gasteiger partial charge in [-0.1, -0.05) is 11.6 Å². The Bertz CT molecular complexity index is 536. The lowest BCUT2D eigenvalue weighted by Gasteiger charge is -2.05. The highest BCUT2D eigenvalue weighted by Gasteiger charge is 2.08. The summed E-state index contributed by atoms with van der Waals surface area (Å²) in [7, 11) is 0. The van der Waals surface area contributed by atoms with Gasteiger partial charge in [0.15, 0.2) is 0 Å². The number of halogens is 4. The Labute approximate surface area is 99.0 Å². The molecule has 0 aliphatic carbocycles. The zero-order valence-corrected chi connectivity index (χ0v) is 9.14. The molecular weight excluding hydrogens is 261 g/mol. The first-order valence-electron chi connectivity index (χ1n) is 4.14. The smallest absolute Gasteiger partial charge is 0.387 e. The lowest BCUT2D eigenvalue weighted by atomic mass is 10.2. The Morgan fingerprint density at radius 3 is 2.62 bits per heavy atom. The molecule has 0 fully saturated rings. The molecule has 0 saturated carbocycles. The number of fused-ring (bicyclic) bond motifs is 1. The first kappa shape index (κ1) is 11.3. The largest absolute Gasteiger partial charge is 0.435 e. The highest BCUT2D eigenvalue weighted by atomic mass is 35.5. The fraction of sp³-hybridized carbons (Fsp3) is 0.111. The van der Waals surface area contributed by atoms with Gasteiger partial charge in [-0.2, -0.15) is 8.78 Å². The van der Waals surface area contributed by atoms with E-state index in [0.29, 0.717) is 10.9 Å². The van der Waals surface area contributed by atoms with Gasteiger partial charge in [0.1, 0.15) is 10.9 Å². The maximum absolute atomic E-state index is 12.0. The maximum atomic E-state index is 12.0. The van der Waals surface area contributed by atoms with Crippen molar-refractivity contribution in [2.24, 2.45) is 0 Å². The number of alkyl halides is 2. The van der Waals surface area contributed by atoms with Gasteiger partial charge in [0.2, 0.25) is 5.28 Å². The van der Waals surface area contributed by atoms with E-state index in [0.717, 1.165) is 0 Å². The summed E-state index contributed by atoms with van der Waals surface area (Å²) in [5, 5.41) is 0.637. The van der Waals surface area contributed by atoms with Crippen LogP contribution in [0.15, 0.2) is 18.2 Å². The molecule has 2 aromatic rings. The van der Waals surface area contributed by atoms with E-state index >= 15 is 0 Å². The minimum atomic E-state index is -2.88. The van der Waals surface area contributed by atoms with Crippen LogP contribution in [-0.4, -0.2) is 16.6 Å². The number of aromatic nitrogens is 2.